The average molecular weight is 193 g/mol. The fourth-order valence-corrected chi connectivity index (χ4v) is 1.43. The van der Waals surface area contributed by atoms with Gasteiger partial charge in [-0.2, -0.15) is 0 Å². The maximum Gasteiger partial charge on any atom is 0.0591 e. The van der Waals surface area contributed by atoms with E-state index in [1.807, 2.05) is 0 Å². The molecule has 2 heteroatoms. The van der Waals surface area contributed by atoms with Crippen LogP contribution in [0.2, 0.25) is 0 Å². The smallest absolute Gasteiger partial charge is 0.0591 e. The van der Waals surface area contributed by atoms with Crippen LogP contribution in [0, 0.1) is 6.92 Å². The Morgan fingerprint density at radius 2 is 1.79 bits per heavy atom. The first-order valence-electron chi connectivity index (χ1n) is 4.92. The van der Waals surface area contributed by atoms with Gasteiger partial charge in [0.15, 0.2) is 0 Å². The summed E-state index contributed by atoms with van der Waals surface area (Å²) in [6.45, 7) is 6.18. The van der Waals surface area contributed by atoms with Crippen molar-refractivity contribution in [1.82, 2.24) is 0 Å². The molecule has 3 N–H and O–H groups in total. The summed E-state index contributed by atoms with van der Waals surface area (Å²) < 4.78 is 0. The van der Waals surface area contributed by atoms with Crippen molar-refractivity contribution in [2.24, 2.45) is 5.73 Å². The van der Waals surface area contributed by atoms with Gasteiger partial charge in [0.05, 0.1) is 6.61 Å². The highest BCUT2D eigenvalue weighted by molar-refractivity contribution is 5.29. The summed E-state index contributed by atoms with van der Waals surface area (Å²) in [5.41, 5.74) is 8.10. The van der Waals surface area contributed by atoms with Crippen LogP contribution in [0.15, 0.2) is 24.3 Å². The van der Waals surface area contributed by atoms with Crippen molar-refractivity contribution < 1.29 is 5.11 Å². The molecule has 0 spiro atoms. The molecule has 0 amide bonds. The van der Waals surface area contributed by atoms with Crippen molar-refractivity contribution in [1.29, 1.82) is 0 Å². The second-order valence-electron chi connectivity index (χ2n) is 4.38. The number of hydrogen-bond acceptors (Lipinski definition) is 2. The van der Waals surface area contributed by atoms with Gasteiger partial charge in [-0.3, -0.25) is 0 Å². The molecule has 1 aromatic carbocycles. The summed E-state index contributed by atoms with van der Waals surface area (Å²) in [7, 11) is 0. The molecule has 0 saturated carbocycles. The van der Waals surface area contributed by atoms with Gasteiger partial charge < -0.3 is 10.8 Å². The number of hydrogen-bond donors (Lipinski definition) is 2. The first kappa shape index (κ1) is 11.2. The highest BCUT2D eigenvalue weighted by Crippen LogP contribution is 2.25. The monoisotopic (exact) mass is 193 g/mol. The molecule has 0 aliphatic rings. The maximum atomic E-state index is 9.06. The zero-order chi connectivity index (χ0) is 10.8. The van der Waals surface area contributed by atoms with Crippen molar-refractivity contribution in [2.45, 2.75) is 32.2 Å². The van der Waals surface area contributed by atoms with Gasteiger partial charge in [-0.1, -0.05) is 43.7 Å². The SMILES string of the molecule is Cc1ccc(C(C)(C)C(N)CO)cc1. The Kier molecular flexibility index (Phi) is 3.29. The van der Waals surface area contributed by atoms with E-state index in [1.165, 1.54) is 11.1 Å². The Balaban J connectivity index is 2.97. The zero-order valence-corrected chi connectivity index (χ0v) is 9.12. The first-order chi connectivity index (χ1) is 6.48. The van der Waals surface area contributed by atoms with E-state index in [0.29, 0.717) is 0 Å². The molecule has 14 heavy (non-hydrogen) atoms. The number of aryl methyl sites for hydroxylation is 1. The van der Waals surface area contributed by atoms with Gasteiger partial charge in [-0.25, -0.2) is 0 Å². The van der Waals surface area contributed by atoms with E-state index in [-0.39, 0.29) is 18.1 Å². The predicted molar refractivity (Wildman–Crippen MR) is 59.3 cm³/mol. The molecule has 0 heterocycles. The van der Waals surface area contributed by atoms with Gasteiger partial charge in [0, 0.05) is 11.5 Å². The molecule has 0 aliphatic heterocycles. The van der Waals surface area contributed by atoms with Crippen LogP contribution in [0.4, 0.5) is 0 Å². The minimum atomic E-state index is -0.217. The third-order valence-electron chi connectivity index (χ3n) is 2.92. The Morgan fingerprint density at radius 3 is 2.21 bits per heavy atom. The number of aliphatic hydroxyl groups is 1. The van der Waals surface area contributed by atoms with Crippen molar-refractivity contribution in [3.63, 3.8) is 0 Å². The van der Waals surface area contributed by atoms with Crippen LogP contribution >= 0.6 is 0 Å². The molecule has 0 fully saturated rings. The fraction of sp³-hybridized carbons (Fsp3) is 0.500. The van der Waals surface area contributed by atoms with E-state index in [9.17, 15) is 0 Å². The van der Waals surface area contributed by atoms with Crippen LogP contribution in [-0.2, 0) is 5.41 Å². The third-order valence-corrected chi connectivity index (χ3v) is 2.92. The number of benzene rings is 1. The van der Waals surface area contributed by atoms with E-state index in [4.69, 9.17) is 10.8 Å². The molecule has 0 aliphatic carbocycles. The Hall–Kier alpha value is -0.860. The van der Waals surface area contributed by atoms with Crippen molar-refractivity contribution in [2.75, 3.05) is 6.61 Å². The zero-order valence-electron chi connectivity index (χ0n) is 9.12. The van der Waals surface area contributed by atoms with Gasteiger partial charge in [-0.05, 0) is 12.5 Å². The molecule has 1 rings (SSSR count). The highest BCUT2D eigenvalue weighted by Gasteiger charge is 2.27. The second-order valence-corrected chi connectivity index (χ2v) is 4.38. The number of rotatable bonds is 3. The summed E-state index contributed by atoms with van der Waals surface area (Å²) in [4.78, 5) is 0. The largest absolute Gasteiger partial charge is 0.395 e. The third kappa shape index (κ3) is 2.14. The van der Waals surface area contributed by atoms with Crippen LogP contribution in [0.3, 0.4) is 0 Å². The molecule has 0 aromatic heterocycles. The van der Waals surface area contributed by atoms with E-state index in [2.05, 4.69) is 45.0 Å². The average Bonchev–Trinajstić information content (AvgIpc) is 2.17. The predicted octanol–water partition coefficient (Wildman–Crippen LogP) is 1.59. The van der Waals surface area contributed by atoms with Crippen LogP contribution in [0.25, 0.3) is 0 Å². The summed E-state index contributed by atoms with van der Waals surface area (Å²) in [6.07, 6.45) is 0. The normalized spacial score (nSPS) is 14.1. The van der Waals surface area contributed by atoms with Crippen LogP contribution in [0.5, 0.6) is 0 Å². The van der Waals surface area contributed by atoms with Crippen LogP contribution < -0.4 is 5.73 Å². The highest BCUT2D eigenvalue weighted by atomic mass is 16.3. The molecular formula is C12H19NO. The standard InChI is InChI=1S/C12H19NO/c1-9-4-6-10(7-5-9)12(2,3)11(13)8-14/h4-7,11,14H,8,13H2,1-3H3. The molecule has 1 atom stereocenters. The Bertz CT molecular complexity index is 290. The summed E-state index contributed by atoms with van der Waals surface area (Å²) in [5.74, 6) is 0. The molecule has 0 saturated heterocycles. The Labute approximate surface area is 85.8 Å². The second kappa shape index (κ2) is 4.11. The summed E-state index contributed by atoms with van der Waals surface area (Å²) in [5, 5.41) is 9.06. The van der Waals surface area contributed by atoms with Gasteiger partial charge in [0.2, 0.25) is 0 Å². The lowest BCUT2D eigenvalue weighted by Gasteiger charge is -2.31. The maximum absolute atomic E-state index is 9.06. The Morgan fingerprint density at radius 1 is 1.29 bits per heavy atom. The van der Waals surface area contributed by atoms with Crippen LogP contribution in [-0.4, -0.2) is 17.8 Å². The van der Waals surface area contributed by atoms with E-state index in [1.54, 1.807) is 0 Å². The minimum absolute atomic E-state index is 0.0148. The summed E-state index contributed by atoms with van der Waals surface area (Å²) >= 11 is 0. The lowest BCUT2D eigenvalue weighted by molar-refractivity contribution is 0.220. The lowest BCUT2D eigenvalue weighted by atomic mass is 9.78. The molecule has 2 nitrogen and oxygen atoms in total. The topological polar surface area (TPSA) is 46.2 Å². The molecule has 1 aromatic rings. The van der Waals surface area contributed by atoms with E-state index < -0.39 is 0 Å². The lowest BCUT2D eigenvalue weighted by Crippen LogP contribution is -2.43. The molecular weight excluding hydrogens is 174 g/mol. The van der Waals surface area contributed by atoms with Crippen molar-refractivity contribution in [3.05, 3.63) is 35.4 Å². The first-order valence-corrected chi connectivity index (χ1v) is 4.92. The van der Waals surface area contributed by atoms with Gasteiger partial charge >= 0.3 is 0 Å². The van der Waals surface area contributed by atoms with Crippen LogP contribution in [0.1, 0.15) is 25.0 Å². The molecule has 0 radical (unpaired) electrons. The molecule has 78 valence electrons. The molecule has 0 bridgehead atoms. The fourth-order valence-electron chi connectivity index (χ4n) is 1.43. The quantitative estimate of drug-likeness (QED) is 0.765. The number of aliphatic hydroxyl groups excluding tert-OH is 1. The van der Waals surface area contributed by atoms with E-state index >= 15 is 0 Å². The molecule has 1 unspecified atom stereocenters. The van der Waals surface area contributed by atoms with Crippen molar-refractivity contribution in [3.8, 4) is 0 Å². The van der Waals surface area contributed by atoms with E-state index in [0.717, 1.165) is 0 Å². The van der Waals surface area contributed by atoms with Crippen molar-refractivity contribution >= 4 is 0 Å². The minimum Gasteiger partial charge on any atom is -0.395 e. The van der Waals surface area contributed by atoms with Gasteiger partial charge in [0.1, 0.15) is 0 Å². The summed E-state index contributed by atoms with van der Waals surface area (Å²) in [6, 6.07) is 8.07. The van der Waals surface area contributed by atoms with Gasteiger partial charge in [-0.15, -0.1) is 0 Å². The number of nitrogens with two attached hydrogens (primary N) is 1. The van der Waals surface area contributed by atoms with Gasteiger partial charge in [0.25, 0.3) is 0 Å².